The van der Waals surface area contributed by atoms with Crippen molar-refractivity contribution in [3.05, 3.63) is 59.0 Å². The van der Waals surface area contributed by atoms with Crippen molar-refractivity contribution in [2.75, 3.05) is 13.7 Å². The second kappa shape index (κ2) is 11.8. The second-order valence-corrected chi connectivity index (χ2v) is 16.1. The van der Waals surface area contributed by atoms with Crippen molar-refractivity contribution < 1.29 is 28.5 Å². The molecule has 0 radical (unpaired) electrons. The number of halogens is 3. The Morgan fingerprint density at radius 1 is 1.21 bits per heavy atom. The van der Waals surface area contributed by atoms with Gasteiger partial charge in [-0.1, -0.05) is 54.1 Å². The van der Waals surface area contributed by atoms with Crippen LogP contribution in [-0.2, 0) is 9.47 Å². The molecule has 3 heterocycles. The van der Waals surface area contributed by atoms with Gasteiger partial charge in [0.1, 0.15) is 60.2 Å². The van der Waals surface area contributed by atoms with E-state index >= 15 is 0 Å². The number of aromatic nitrogens is 4. The topological polar surface area (TPSA) is 103 Å². The summed E-state index contributed by atoms with van der Waals surface area (Å²) in [6.07, 6.45) is 1.88. The van der Waals surface area contributed by atoms with Crippen molar-refractivity contribution >= 4 is 31.4 Å². The third kappa shape index (κ3) is 6.43. The third-order valence-corrected chi connectivity index (χ3v) is 8.08. The Hall–Kier alpha value is -2.37. The van der Waals surface area contributed by atoms with Gasteiger partial charge in [-0.15, -0.1) is 10.6 Å². The van der Waals surface area contributed by atoms with Crippen LogP contribution in [0, 0.1) is 23.1 Å². The van der Waals surface area contributed by atoms with Gasteiger partial charge in [0.2, 0.25) is 0 Å². The Bertz CT molecular complexity index is 1340. The number of nitrogens with zero attached hydrogens (tertiary/aromatic N) is 4. The van der Waals surface area contributed by atoms with Crippen LogP contribution in [0.15, 0.2) is 41.7 Å². The summed E-state index contributed by atoms with van der Waals surface area (Å²) < 4.78 is 41.1. The summed E-state index contributed by atoms with van der Waals surface area (Å²) in [5.74, 6) is 1.32. The number of pyridine rings is 1. The molecule has 3 aromatic rings. The number of benzene rings is 1. The summed E-state index contributed by atoms with van der Waals surface area (Å²) in [6.45, 7) is 6.00. The minimum absolute atomic E-state index is 0.123. The molecular formula is C25H27ClF2N4O4SSi. The highest BCUT2D eigenvalue weighted by Gasteiger charge is 2.47. The van der Waals surface area contributed by atoms with E-state index in [0.717, 1.165) is 22.6 Å². The van der Waals surface area contributed by atoms with Crippen molar-refractivity contribution in [1.29, 1.82) is 0 Å². The third-order valence-electron chi connectivity index (χ3n) is 5.74. The minimum atomic E-state index is -1.58. The van der Waals surface area contributed by atoms with E-state index in [4.69, 9.17) is 21.1 Å². The van der Waals surface area contributed by atoms with Crippen molar-refractivity contribution in [3.63, 3.8) is 0 Å². The number of methoxy groups -OCH3 is 1. The number of hydrogen-bond acceptors (Lipinski definition) is 8. The second-order valence-electron chi connectivity index (χ2n) is 9.77. The van der Waals surface area contributed by atoms with E-state index < -0.39 is 61.1 Å². The molecule has 1 aliphatic rings. The Kier molecular flexibility index (Phi) is 8.88. The van der Waals surface area contributed by atoms with E-state index in [1.54, 1.807) is 12.4 Å². The van der Waals surface area contributed by atoms with Crippen LogP contribution in [0.2, 0.25) is 24.7 Å². The fraction of sp³-hybridized carbons (Fsp3) is 0.400. The molecule has 2 N–H and O–H groups in total. The summed E-state index contributed by atoms with van der Waals surface area (Å²) >= 11 is 6.90. The van der Waals surface area contributed by atoms with Gasteiger partial charge in [-0.2, -0.15) is 0 Å². The van der Waals surface area contributed by atoms with E-state index in [2.05, 4.69) is 46.4 Å². The maximum atomic E-state index is 14.0. The monoisotopic (exact) mass is 580 g/mol. The lowest BCUT2D eigenvalue weighted by Crippen LogP contribution is -2.55. The molecule has 0 amide bonds. The predicted octanol–water partition coefficient (Wildman–Crippen LogP) is 3.93. The van der Waals surface area contributed by atoms with Crippen LogP contribution in [0.1, 0.15) is 11.6 Å². The summed E-state index contributed by atoms with van der Waals surface area (Å²) in [6, 6.07) is 3.16. The summed E-state index contributed by atoms with van der Waals surface area (Å²) in [7, 11) is -0.108. The Labute approximate surface area is 229 Å². The van der Waals surface area contributed by atoms with Crippen molar-refractivity contribution in [3.8, 4) is 22.7 Å². The number of aliphatic hydroxyl groups is 2. The van der Waals surface area contributed by atoms with Gasteiger partial charge in [-0.3, -0.25) is 4.98 Å². The molecule has 38 heavy (non-hydrogen) atoms. The first-order chi connectivity index (χ1) is 18.0. The molecule has 0 spiro atoms. The Morgan fingerprint density at radius 2 is 1.92 bits per heavy atom. The molecule has 8 nitrogen and oxygen atoms in total. The zero-order chi connectivity index (χ0) is 27.6. The highest BCUT2D eigenvalue weighted by molar-refractivity contribution is 7.99. The average Bonchev–Trinajstić information content (AvgIpc) is 3.36. The standard InChI is InChI=1S/C25H27ClF2N4O4SSi/c1-35-24-22(32-12-19(30-31-32)15-8-17(27)21(26)18(28)9-15)23(34)20(13-33)36-25(24)37-16-7-14(10-29-11-16)5-6-38(2,3)4/h7-12,20,22-25,33-34H,13H2,1-4H3/t20-,22+,23+,24-,25-/m1/s1. The number of rotatable bonds is 6. The smallest absolute Gasteiger partial charge is 0.145 e. The lowest BCUT2D eigenvalue weighted by Gasteiger charge is -2.43. The Morgan fingerprint density at radius 3 is 2.55 bits per heavy atom. The van der Waals surface area contributed by atoms with E-state index in [9.17, 15) is 19.0 Å². The van der Waals surface area contributed by atoms with Crippen LogP contribution in [-0.4, -0.2) is 75.7 Å². The minimum Gasteiger partial charge on any atom is -0.394 e. The number of aliphatic hydroxyl groups excluding tert-OH is 2. The van der Waals surface area contributed by atoms with Gasteiger partial charge < -0.3 is 19.7 Å². The van der Waals surface area contributed by atoms with E-state index in [1.165, 1.54) is 29.8 Å². The van der Waals surface area contributed by atoms with E-state index in [1.807, 2.05) is 6.07 Å². The lowest BCUT2D eigenvalue weighted by atomic mass is 9.97. The number of ether oxygens (including phenoxy) is 2. The summed E-state index contributed by atoms with van der Waals surface area (Å²) in [5, 5.41) is 28.5. The van der Waals surface area contributed by atoms with Crippen molar-refractivity contribution in [1.82, 2.24) is 20.0 Å². The highest BCUT2D eigenvalue weighted by Crippen LogP contribution is 2.39. The van der Waals surface area contributed by atoms with Gasteiger partial charge in [0.05, 0.1) is 12.8 Å². The zero-order valence-electron chi connectivity index (χ0n) is 21.1. The van der Waals surface area contributed by atoms with Gasteiger partial charge in [-0.05, 0) is 18.2 Å². The zero-order valence-corrected chi connectivity index (χ0v) is 23.7. The number of hydrogen-bond donors (Lipinski definition) is 2. The average molecular weight is 581 g/mol. The quantitative estimate of drug-likeness (QED) is 0.257. The Balaban J connectivity index is 1.64. The molecule has 1 aromatic carbocycles. The molecule has 0 aliphatic carbocycles. The van der Waals surface area contributed by atoms with Crippen LogP contribution < -0.4 is 0 Å². The maximum Gasteiger partial charge on any atom is 0.145 e. The van der Waals surface area contributed by atoms with Crippen LogP contribution in [0.5, 0.6) is 0 Å². The van der Waals surface area contributed by atoms with Crippen LogP contribution in [0.25, 0.3) is 11.3 Å². The fourth-order valence-corrected chi connectivity index (χ4v) is 5.73. The molecule has 202 valence electrons. The van der Waals surface area contributed by atoms with Crippen molar-refractivity contribution in [2.24, 2.45) is 0 Å². The molecule has 1 fully saturated rings. The molecule has 4 rings (SSSR count). The molecule has 2 aromatic heterocycles. The molecule has 0 unspecified atom stereocenters. The van der Waals surface area contributed by atoms with Crippen LogP contribution in [0.4, 0.5) is 8.78 Å². The predicted molar refractivity (Wildman–Crippen MR) is 142 cm³/mol. The van der Waals surface area contributed by atoms with Crippen LogP contribution >= 0.6 is 23.4 Å². The largest absolute Gasteiger partial charge is 0.394 e. The molecule has 0 bridgehead atoms. The summed E-state index contributed by atoms with van der Waals surface area (Å²) in [5.41, 5.74) is 3.69. The van der Waals surface area contributed by atoms with Gasteiger partial charge in [0, 0.05) is 35.5 Å². The van der Waals surface area contributed by atoms with Crippen molar-refractivity contribution in [2.45, 2.75) is 54.3 Å². The highest BCUT2D eigenvalue weighted by atomic mass is 35.5. The SMILES string of the molecule is CO[C@@H]1[C@@H](n2cc(-c3cc(F)c(Cl)c(F)c3)nn2)[C@@H](O)[C@@H](CO)O[C@@H]1Sc1cncc(C#C[Si](C)(C)C)c1. The summed E-state index contributed by atoms with van der Waals surface area (Å²) in [4.78, 5) is 5.05. The van der Waals surface area contributed by atoms with Gasteiger partial charge in [-0.25, -0.2) is 13.5 Å². The van der Waals surface area contributed by atoms with Gasteiger partial charge in [0.15, 0.2) is 0 Å². The molecule has 1 saturated heterocycles. The molecule has 13 heteroatoms. The van der Waals surface area contributed by atoms with Gasteiger partial charge >= 0.3 is 0 Å². The first-order valence-electron chi connectivity index (χ1n) is 11.7. The first-order valence-corrected chi connectivity index (χ1v) is 16.5. The van der Waals surface area contributed by atoms with E-state index in [0.29, 0.717) is 0 Å². The fourth-order valence-electron chi connectivity index (χ4n) is 3.91. The number of thioether (sulfide) groups is 1. The lowest BCUT2D eigenvalue weighted by molar-refractivity contribution is -0.186. The normalized spacial score (nSPS) is 23.7. The molecule has 5 atom stereocenters. The van der Waals surface area contributed by atoms with Gasteiger partial charge in [0.25, 0.3) is 0 Å². The first kappa shape index (κ1) is 28.6. The molecule has 0 saturated carbocycles. The van der Waals surface area contributed by atoms with Crippen LogP contribution in [0.3, 0.4) is 0 Å². The maximum absolute atomic E-state index is 14.0. The molecular weight excluding hydrogens is 554 g/mol. The molecule has 1 aliphatic heterocycles. The van der Waals surface area contributed by atoms with E-state index in [-0.39, 0.29) is 11.3 Å².